The second-order valence-corrected chi connectivity index (χ2v) is 9.48. The highest BCUT2D eigenvalue weighted by molar-refractivity contribution is 6.03. The van der Waals surface area contributed by atoms with Gasteiger partial charge in [-0.2, -0.15) is 5.10 Å². The van der Waals surface area contributed by atoms with Gasteiger partial charge in [-0.1, -0.05) is 23.8 Å². The molecule has 3 heterocycles. The molecule has 0 aliphatic carbocycles. The first-order valence-electron chi connectivity index (χ1n) is 12.1. The second-order valence-electron chi connectivity index (χ2n) is 9.48. The number of aryl methyl sites for hydroxylation is 2. The average Bonchev–Trinajstić information content (AvgIpc) is 3.49. The van der Waals surface area contributed by atoms with Gasteiger partial charge in [0.15, 0.2) is 5.79 Å². The van der Waals surface area contributed by atoms with E-state index >= 15 is 0 Å². The molecular weight excluding hydrogens is 430 g/mol. The number of benzene rings is 2. The maximum absolute atomic E-state index is 13.6. The van der Waals surface area contributed by atoms with Gasteiger partial charge in [0.05, 0.1) is 38.6 Å². The summed E-state index contributed by atoms with van der Waals surface area (Å²) in [5, 5.41) is 6.57. The van der Waals surface area contributed by atoms with Gasteiger partial charge in [0.1, 0.15) is 5.75 Å². The van der Waals surface area contributed by atoms with Gasteiger partial charge < -0.3 is 14.2 Å². The number of carbonyl (C=O) groups is 1. The fraction of sp³-hybridized carbons (Fsp3) is 0.481. The van der Waals surface area contributed by atoms with Crippen LogP contribution in [0.3, 0.4) is 0 Å². The summed E-state index contributed by atoms with van der Waals surface area (Å²) in [5.74, 6) is 0.394. The van der Waals surface area contributed by atoms with Crippen molar-refractivity contribution in [3.05, 3.63) is 64.7 Å². The van der Waals surface area contributed by atoms with Crippen LogP contribution in [-0.4, -0.2) is 67.3 Å². The zero-order chi connectivity index (χ0) is 23.7. The van der Waals surface area contributed by atoms with Crippen molar-refractivity contribution in [2.45, 2.75) is 44.9 Å². The van der Waals surface area contributed by atoms with E-state index in [-0.39, 0.29) is 11.9 Å². The minimum absolute atomic E-state index is 0.0256. The Kier molecular flexibility index (Phi) is 6.42. The van der Waals surface area contributed by atoms with E-state index in [0.29, 0.717) is 26.2 Å². The molecule has 0 N–H and O–H groups in total. The van der Waals surface area contributed by atoms with E-state index in [1.54, 1.807) is 12.1 Å². The van der Waals surface area contributed by atoms with Crippen molar-refractivity contribution in [1.82, 2.24) is 9.91 Å². The molecule has 0 unspecified atom stereocenters. The molecule has 0 bridgehead atoms. The number of hydrazone groups is 1. The van der Waals surface area contributed by atoms with E-state index in [1.807, 2.05) is 24.3 Å². The third kappa shape index (κ3) is 4.60. The van der Waals surface area contributed by atoms with Crippen LogP contribution in [0.2, 0.25) is 0 Å². The van der Waals surface area contributed by atoms with Crippen molar-refractivity contribution >= 4 is 11.6 Å². The van der Waals surface area contributed by atoms with Crippen LogP contribution in [0.15, 0.2) is 47.6 Å². The lowest BCUT2D eigenvalue weighted by Gasteiger charge is -2.37. The van der Waals surface area contributed by atoms with E-state index in [1.165, 1.54) is 11.1 Å². The molecule has 0 radical (unpaired) electrons. The number of ether oxygens (including phenoxy) is 3. The minimum atomic E-state index is -0.436. The predicted octanol–water partition coefficient (Wildman–Crippen LogP) is 3.83. The SMILES string of the molecule is COc1ccc(C2=NN(C(=O)CN3CCC4(CC3)OCCO4)[C@H](c3ccc(C)cc3C)C2)cc1. The number of likely N-dealkylation sites (tertiary alicyclic amines) is 1. The predicted molar refractivity (Wildman–Crippen MR) is 130 cm³/mol. The number of methoxy groups -OCH3 is 1. The lowest BCUT2D eigenvalue weighted by Crippen LogP contribution is -2.48. The summed E-state index contributed by atoms with van der Waals surface area (Å²) in [5.41, 5.74) is 5.49. The first kappa shape index (κ1) is 23.0. The van der Waals surface area contributed by atoms with Gasteiger partial charge >= 0.3 is 0 Å². The Morgan fingerprint density at radius 1 is 1.09 bits per heavy atom. The molecule has 5 rings (SSSR count). The molecule has 3 aliphatic heterocycles. The summed E-state index contributed by atoms with van der Waals surface area (Å²) in [4.78, 5) is 15.8. The molecule has 2 aromatic rings. The highest BCUT2D eigenvalue weighted by Crippen LogP contribution is 2.36. The molecule has 180 valence electrons. The summed E-state index contributed by atoms with van der Waals surface area (Å²) >= 11 is 0. The van der Waals surface area contributed by atoms with E-state index < -0.39 is 5.79 Å². The van der Waals surface area contributed by atoms with Crippen molar-refractivity contribution < 1.29 is 19.0 Å². The van der Waals surface area contributed by atoms with Crippen LogP contribution < -0.4 is 4.74 Å². The Labute approximate surface area is 201 Å². The molecule has 2 saturated heterocycles. The van der Waals surface area contributed by atoms with Gasteiger partial charge in [-0.3, -0.25) is 9.69 Å². The highest BCUT2D eigenvalue weighted by Gasteiger charge is 2.41. The van der Waals surface area contributed by atoms with Crippen LogP contribution in [-0.2, 0) is 14.3 Å². The van der Waals surface area contributed by atoms with Crippen LogP contribution in [0.1, 0.15) is 47.6 Å². The number of nitrogens with zero attached hydrogens (tertiary/aromatic N) is 3. The van der Waals surface area contributed by atoms with Crippen LogP contribution in [0.4, 0.5) is 0 Å². The standard InChI is InChI=1S/C27H33N3O4/c1-19-4-9-23(20(2)16-19)25-17-24(21-5-7-22(32-3)8-6-21)28-30(25)26(31)18-29-12-10-27(11-13-29)33-14-15-34-27/h4-9,16,25H,10-15,17-18H2,1-3H3/t25-/m0/s1. The number of rotatable bonds is 5. The second kappa shape index (κ2) is 9.49. The summed E-state index contributed by atoms with van der Waals surface area (Å²) in [6.45, 7) is 7.43. The number of piperidine rings is 1. The lowest BCUT2D eigenvalue weighted by atomic mass is 9.94. The monoisotopic (exact) mass is 463 g/mol. The molecule has 2 aromatic carbocycles. The molecule has 7 nitrogen and oxygen atoms in total. The number of hydrogen-bond acceptors (Lipinski definition) is 6. The van der Waals surface area contributed by atoms with Gasteiger partial charge in [-0.15, -0.1) is 0 Å². The molecule has 1 atom stereocenters. The molecule has 1 amide bonds. The van der Waals surface area contributed by atoms with Crippen LogP contribution in [0, 0.1) is 13.8 Å². The lowest BCUT2D eigenvalue weighted by molar-refractivity contribution is -0.186. The maximum atomic E-state index is 13.6. The summed E-state index contributed by atoms with van der Waals surface area (Å²) in [6, 6.07) is 14.2. The van der Waals surface area contributed by atoms with Gasteiger partial charge in [0, 0.05) is 32.4 Å². The largest absolute Gasteiger partial charge is 0.497 e. The first-order valence-corrected chi connectivity index (χ1v) is 12.1. The van der Waals surface area contributed by atoms with Crippen LogP contribution in [0.5, 0.6) is 5.75 Å². The van der Waals surface area contributed by atoms with Gasteiger partial charge in [-0.05, 0) is 54.8 Å². The van der Waals surface area contributed by atoms with Crippen molar-refractivity contribution in [2.75, 3.05) is 40.0 Å². The Bertz CT molecular complexity index is 1070. The number of carbonyl (C=O) groups excluding carboxylic acids is 1. The first-order chi connectivity index (χ1) is 16.5. The smallest absolute Gasteiger partial charge is 0.257 e. The van der Waals surface area contributed by atoms with E-state index in [0.717, 1.165) is 48.5 Å². The molecule has 0 aromatic heterocycles. The highest BCUT2D eigenvalue weighted by atomic mass is 16.7. The Hall–Kier alpha value is -2.74. The maximum Gasteiger partial charge on any atom is 0.257 e. The molecule has 2 fully saturated rings. The van der Waals surface area contributed by atoms with Crippen molar-refractivity contribution in [3.63, 3.8) is 0 Å². The molecule has 3 aliphatic rings. The normalized spacial score (nSPS) is 22.3. The number of hydrogen-bond donors (Lipinski definition) is 0. The van der Waals surface area contributed by atoms with Crippen LogP contribution >= 0.6 is 0 Å². The quantitative estimate of drug-likeness (QED) is 0.675. The molecule has 1 spiro atoms. The summed E-state index contributed by atoms with van der Waals surface area (Å²) in [7, 11) is 1.66. The Morgan fingerprint density at radius 2 is 1.79 bits per heavy atom. The fourth-order valence-electron chi connectivity index (χ4n) is 5.24. The van der Waals surface area contributed by atoms with Crippen molar-refractivity contribution in [3.8, 4) is 5.75 Å². The van der Waals surface area contributed by atoms with Crippen molar-refractivity contribution in [2.24, 2.45) is 5.10 Å². The van der Waals surface area contributed by atoms with E-state index in [9.17, 15) is 4.79 Å². The Morgan fingerprint density at radius 3 is 2.44 bits per heavy atom. The summed E-state index contributed by atoms with van der Waals surface area (Å²) < 4.78 is 17.0. The topological polar surface area (TPSA) is 63.6 Å². The molecule has 7 heteroatoms. The van der Waals surface area contributed by atoms with Crippen LogP contribution in [0.25, 0.3) is 0 Å². The molecular formula is C27H33N3O4. The number of amides is 1. The zero-order valence-corrected chi connectivity index (χ0v) is 20.3. The fourth-order valence-corrected chi connectivity index (χ4v) is 5.24. The van der Waals surface area contributed by atoms with E-state index in [2.05, 4.69) is 36.9 Å². The zero-order valence-electron chi connectivity index (χ0n) is 20.3. The third-order valence-corrected chi connectivity index (χ3v) is 7.16. The summed E-state index contributed by atoms with van der Waals surface area (Å²) in [6.07, 6.45) is 2.27. The van der Waals surface area contributed by atoms with Gasteiger partial charge in [-0.25, -0.2) is 5.01 Å². The third-order valence-electron chi connectivity index (χ3n) is 7.16. The van der Waals surface area contributed by atoms with Gasteiger partial charge in [0.25, 0.3) is 5.91 Å². The van der Waals surface area contributed by atoms with Gasteiger partial charge in [0.2, 0.25) is 0 Å². The molecule has 0 saturated carbocycles. The van der Waals surface area contributed by atoms with Crippen molar-refractivity contribution in [1.29, 1.82) is 0 Å². The average molecular weight is 464 g/mol. The van der Waals surface area contributed by atoms with E-state index in [4.69, 9.17) is 19.3 Å². The minimum Gasteiger partial charge on any atom is -0.497 e. The molecule has 34 heavy (non-hydrogen) atoms. The Balaban J connectivity index is 1.36.